The summed E-state index contributed by atoms with van der Waals surface area (Å²) in [5.74, 6) is 1.50. The molecule has 2 atom stereocenters. The van der Waals surface area contributed by atoms with Crippen molar-refractivity contribution in [3.8, 4) is 5.75 Å². The molecule has 33 heavy (non-hydrogen) atoms. The van der Waals surface area contributed by atoms with Crippen LogP contribution in [-0.4, -0.2) is 70.5 Å². The molecule has 0 bridgehead atoms. The van der Waals surface area contributed by atoms with Gasteiger partial charge in [0.1, 0.15) is 11.8 Å². The number of rotatable bonds is 8. The summed E-state index contributed by atoms with van der Waals surface area (Å²) in [4.78, 5) is 17.6. The summed E-state index contributed by atoms with van der Waals surface area (Å²) < 4.78 is 5.35. The number of ether oxygens (including phenoxy) is 1. The molecule has 1 aromatic carbocycles. The van der Waals surface area contributed by atoms with Crippen molar-refractivity contribution in [3.05, 3.63) is 48.2 Å². The summed E-state index contributed by atoms with van der Waals surface area (Å²) in [5, 5.41) is 24.1. The van der Waals surface area contributed by atoms with Crippen molar-refractivity contribution in [1.29, 1.82) is 0 Å². The van der Waals surface area contributed by atoms with Gasteiger partial charge in [-0.3, -0.25) is 15.0 Å². The number of likely N-dealkylation sites (tertiary alicyclic amines) is 1. The van der Waals surface area contributed by atoms with Crippen LogP contribution in [0.5, 0.6) is 5.75 Å². The van der Waals surface area contributed by atoms with E-state index in [0.29, 0.717) is 10.3 Å². The average Bonchev–Trinajstić information content (AvgIpc) is 3.46. The van der Waals surface area contributed by atoms with Crippen LogP contribution in [-0.2, 0) is 4.79 Å². The van der Waals surface area contributed by atoms with Crippen molar-refractivity contribution in [1.82, 2.24) is 25.3 Å². The van der Waals surface area contributed by atoms with E-state index in [4.69, 9.17) is 4.74 Å². The fraction of sp³-hybridized carbons (Fsp3) is 0.409. The topological polar surface area (TPSA) is 108 Å². The van der Waals surface area contributed by atoms with Gasteiger partial charge in [-0.05, 0) is 42.7 Å². The van der Waals surface area contributed by atoms with Crippen molar-refractivity contribution in [2.45, 2.75) is 24.9 Å². The van der Waals surface area contributed by atoms with Crippen LogP contribution in [0.25, 0.3) is 0 Å². The molecule has 2 N–H and O–H groups in total. The predicted molar refractivity (Wildman–Crippen MR) is 127 cm³/mol. The first-order valence-corrected chi connectivity index (χ1v) is 11.8. The Hall–Kier alpha value is -3.31. The second-order valence-corrected chi connectivity index (χ2v) is 9.11. The van der Waals surface area contributed by atoms with Crippen molar-refractivity contribution in [2.24, 2.45) is 0 Å². The molecular formula is C22H26N8O2S. The van der Waals surface area contributed by atoms with E-state index >= 15 is 0 Å². The number of methoxy groups -OCH3 is 1. The van der Waals surface area contributed by atoms with E-state index in [1.165, 1.54) is 11.3 Å². The Morgan fingerprint density at radius 2 is 2.03 bits per heavy atom. The van der Waals surface area contributed by atoms with E-state index in [0.717, 1.165) is 56.2 Å². The fourth-order valence-corrected chi connectivity index (χ4v) is 4.89. The van der Waals surface area contributed by atoms with E-state index < -0.39 is 0 Å². The Morgan fingerprint density at radius 3 is 2.79 bits per heavy atom. The summed E-state index contributed by atoms with van der Waals surface area (Å²) >= 11 is 1.35. The van der Waals surface area contributed by atoms with Crippen molar-refractivity contribution >= 4 is 33.3 Å². The first-order valence-electron chi connectivity index (χ1n) is 11.0. The van der Waals surface area contributed by atoms with Gasteiger partial charge < -0.3 is 15.0 Å². The van der Waals surface area contributed by atoms with E-state index in [-0.39, 0.29) is 18.0 Å². The zero-order chi connectivity index (χ0) is 22.6. The number of carbonyl (C=O) groups excluding carboxylic acids is 1. The molecule has 10 nitrogen and oxygen atoms in total. The zero-order valence-electron chi connectivity index (χ0n) is 18.3. The lowest BCUT2D eigenvalue weighted by Crippen LogP contribution is -2.45. The number of nitrogens with zero attached hydrogens (tertiary/aromatic N) is 6. The number of benzene rings is 1. The second kappa shape index (κ2) is 9.67. The smallest absolute Gasteiger partial charge is 0.248 e. The maximum atomic E-state index is 13.2. The molecule has 0 aliphatic carbocycles. The highest BCUT2D eigenvalue weighted by molar-refractivity contribution is 7.19. The Bertz CT molecular complexity index is 1090. The molecule has 2 aromatic heterocycles. The van der Waals surface area contributed by atoms with Crippen LogP contribution in [0.3, 0.4) is 0 Å². The van der Waals surface area contributed by atoms with Crippen LogP contribution in [0.4, 0.5) is 16.1 Å². The maximum Gasteiger partial charge on any atom is 0.248 e. The monoisotopic (exact) mass is 466 g/mol. The van der Waals surface area contributed by atoms with Gasteiger partial charge in [0.05, 0.1) is 7.11 Å². The SMILES string of the molecule is COc1cccc(C(C(=O)Nc2nnc(N[C@@H]3CCN(c4cccnn4)C3)s2)N2CCC2)c1. The van der Waals surface area contributed by atoms with Gasteiger partial charge in [-0.15, -0.1) is 15.3 Å². The molecule has 2 aliphatic heterocycles. The Balaban J connectivity index is 1.22. The minimum absolute atomic E-state index is 0.111. The lowest BCUT2D eigenvalue weighted by Gasteiger charge is -2.37. The van der Waals surface area contributed by atoms with Crippen LogP contribution in [0, 0.1) is 0 Å². The largest absolute Gasteiger partial charge is 0.497 e. The van der Waals surface area contributed by atoms with Gasteiger partial charge in [-0.1, -0.05) is 23.5 Å². The minimum Gasteiger partial charge on any atom is -0.497 e. The first-order chi connectivity index (χ1) is 16.2. The molecule has 0 spiro atoms. The summed E-state index contributed by atoms with van der Waals surface area (Å²) in [6, 6.07) is 11.4. The molecule has 11 heteroatoms. The molecule has 1 unspecified atom stereocenters. The van der Waals surface area contributed by atoms with Gasteiger partial charge in [0.25, 0.3) is 0 Å². The number of aromatic nitrogens is 4. The van der Waals surface area contributed by atoms with Gasteiger partial charge in [0.15, 0.2) is 5.82 Å². The van der Waals surface area contributed by atoms with Crippen LogP contribution in [0.1, 0.15) is 24.4 Å². The normalized spacial score (nSPS) is 19.1. The third-order valence-electron chi connectivity index (χ3n) is 5.97. The highest BCUT2D eigenvalue weighted by atomic mass is 32.1. The number of hydrogen-bond donors (Lipinski definition) is 2. The van der Waals surface area contributed by atoms with Crippen LogP contribution in [0.15, 0.2) is 42.6 Å². The van der Waals surface area contributed by atoms with Gasteiger partial charge in [0.2, 0.25) is 16.2 Å². The van der Waals surface area contributed by atoms with Gasteiger partial charge in [0, 0.05) is 38.4 Å². The number of hydrogen-bond acceptors (Lipinski definition) is 10. The number of nitrogens with one attached hydrogen (secondary N) is 2. The Labute approximate surface area is 196 Å². The second-order valence-electron chi connectivity index (χ2n) is 8.13. The van der Waals surface area contributed by atoms with Crippen LogP contribution < -0.4 is 20.3 Å². The molecule has 2 saturated heterocycles. The van der Waals surface area contributed by atoms with Gasteiger partial charge in [-0.25, -0.2) is 0 Å². The van der Waals surface area contributed by atoms with Gasteiger partial charge in [-0.2, -0.15) is 5.10 Å². The van der Waals surface area contributed by atoms with E-state index in [1.54, 1.807) is 13.3 Å². The summed E-state index contributed by atoms with van der Waals surface area (Å²) in [7, 11) is 1.63. The molecule has 0 saturated carbocycles. The van der Waals surface area contributed by atoms with E-state index in [2.05, 4.69) is 40.8 Å². The molecular weight excluding hydrogens is 440 g/mol. The third-order valence-corrected chi connectivity index (χ3v) is 6.74. The molecule has 4 heterocycles. The molecule has 3 aromatic rings. The fourth-order valence-electron chi connectivity index (χ4n) is 4.17. The quantitative estimate of drug-likeness (QED) is 0.517. The lowest BCUT2D eigenvalue weighted by atomic mass is 10.0. The molecule has 172 valence electrons. The van der Waals surface area contributed by atoms with Crippen molar-refractivity contribution < 1.29 is 9.53 Å². The Morgan fingerprint density at radius 1 is 1.15 bits per heavy atom. The maximum absolute atomic E-state index is 13.2. The summed E-state index contributed by atoms with van der Waals surface area (Å²) in [6.07, 6.45) is 3.73. The van der Waals surface area contributed by atoms with Crippen LogP contribution >= 0.6 is 11.3 Å². The number of anilines is 3. The first kappa shape index (κ1) is 21.5. The standard InChI is InChI=1S/C22H26N8O2S/c1-32-17-6-2-5-15(13-17)19(29-10-4-11-29)20(31)25-22-28-27-21(33-22)24-16-8-12-30(14-16)18-7-3-9-23-26-18/h2-3,5-7,9,13,16,19H,4,8,10-12,14H2,1H3,(H,24,27)(H,25,28,31)/t16-,19?/m1/s1. The number of amides is 1. The summed E-state index contributed by atoms with van der Waals surface area (Å²) in [6.45, 7) is 3.49. The lowest BCUT2D eigenvalue weighted by molar-refractivity contribution is -0.123. The van der Waals surface area contributed by atoms with Crippen LogP contribution in [0.2, 0.25) is 0 Å². The Kier molecular flexibility index (Phi) is 6.31. The third kappa shape index (κ3) is 4.88. The molecule has 2 aliphatic rings. The van der Waals surface area contributed by atoms with Crippen molar-refractivity contribution in [3.63, 3.8) is 0 Å². The minimum atomic E-state index is -0.385. The summed E-state index contributed by atoms with van der Waals surface area (Å²) in [5.41, 5.74) is 0.907. The molecule has 1 amide bonds. The number of carbonyl (C=O) groups is 1. The van der Waals surface area contributed by atoms with E-state index in [1.807, 2.05) is 36.4 Å². The average molecular weight is 467 g/mol. The molecule has 2 fully saturated rings. The van der Waals surface area contributed by atoms with Crippen molar-refractivity contribution in [2.75, 3.05) is 48.8 Å². The van der Waals surface area contributed by atoms with Gasteiger partial charge >= 0.3 is 0 Å². The highest BCUT2D eigenvalue weighted by Gasteiger charge is 2.32. The van der Waals surface area contributed by atoms with E-state index in [9.17, 15) is 4.79 Å². The molecule has 5 rings (SSSR count). The predicted octanol–water partition coefficient (Wildman–Crippen LogP) is 2.41. The molecule has 0 radical (unpaired) electrons. The highest BCUT2D eigenvalue weighted by Crippen LogP contribution is 2.31. The zero-order valence-corrected chi connectivity index (χ0v) is 19.2.